The average molecular weight is 295 g/mol. The van der Waals surface area contributed by atoms with Gasteiger partial charge in [-0.15, -0.1) is 0 Å². The Labute approximate surface area is 120 Å². The molecule has 0 aliphatic carbocycles. The van der Waals surface area contributed by atoms with Crippen molar-refractivity contribution in [2.75, 3.05) is 0 Å². The van der Waals surface area contributed by atoms with Crippen molar-refractivity contribution in [1.29, 1.82) is 0 Å². The normalized spacial score (nSPS) is 12.4. The Balaban J connectivity index is 2.66. The highest BCUT2D eigenvalue weighted by Crippen LogP contribution is 2.20. The molecule has 0 aromatic carbocycles. The third-order valence-corrected chi connectivity index (χ3v) is 4.70. The number of rotatable bonds is 5. The van der Waals surface area contributed by atoms with Gasteiger partial charge in [-0.25, -0.2) is 18.1 Å². The number of sulfonamides is 1. The summed E-state index contributed by atoms with van der Waals surface area (Å²) in [6.45, 7) is 7.64. The van der Waals surface area contributed by atoms with Gasteiger partial charge in [-0.05, 0) is 31.9 Å². The summed E-state index contributed by atoms with van der Waals surface area (Å²) in [5.74, 6) is 0.763. The Kier molecular flexibility index (Phi) is 4.15. The van der Waals surface area contributed by atoms with Crippen LogP contribution >= 0.6 is 0 Å². The van der Waals surface area contributed by atoms with E-state index in [-0.39, 0.29) is 11.1 Å². The Hall–Kier alpha value is -1.40. The molecule has 0 spiro atoms. The number of imidazole rings is 1. The van der Waals surface area contributed by atoms with E-state index < -0.39 is 10.0 Å². The minimum atomic E-state index is -3.58. The Morgan fingerprint density at radius 3 is 2.50 bits per heavy atom. The first-order chi connectivity index (χ1) is 9.39. The van der Waals surface area contributed by atoms with Crippen LogP contribution in [0.2, 0.25) is 0 Å². The van der Waals surface area contributed by atoms with Crippen molar-refractivity contribution in [3.05, 3.63) is 29.7 Å². The number of aromatic nitrogens is 2. The van der Waals surface area contributed by atoms with E-state index in [1.807, 2.05) is 29.7 Å². The van der Waals surface area contributed by atoms with Gasteiger partial charge in [0.2, 0.25) is 0 Å². The van der Waals surface area contributed by atoms with Gasteiger partial charge in [0.25, 0.3) is 10.0 Å². The number of pyridine rings is 1. The lowest BCUT2D eigenvalue weighted by molar-refractivity contribution is 0.567. The van der Waals surface area contributed by atoms with Gasteiger partial charge in [0.15, 0.2) is 5.03 Å². The van der Waals surface area contributed by atoms with Crippen molar-refractivity contribution in [3.63, 3.8) is 0 Å². The first kappa shape index (κ1) is 15.0. The van der Waals surface area contributed by atoms with Crippen LogP contribution in [0.3, 0.4) is 0 Å². The first-order valence-electron chi connectivity index (χ1n) is 6.91. The van der Waals surface area contributed by atoms with Gasteiger partial charge in [-0.2, -0.15) is 0 Å². The zero-order valence-corrected chi connectivity index (χ0v) is 13.2. The van der Waals surface area contributed by atoms with Crippen molar-refractivity contribution < 1.29 is 8.42 Å². The molecule has 0 unspecified atom stereocenters. The van der Waals surface area contributed by atoms with Gasteiger partial charge in [-0.3, -0.25) is 0 Å². The molecule has 0 fully saturated rings. The Bertz CT molecular complexity index is 717. The number of aryl methyl sites for hydroxylation is 2. The van der Waals surface area contributed by atoms with E-state index in [4.69, 9.17) is 0 Å². The Morgan fingerprint density at radius 2 is 1.95 bits per heavy atom. The van der Waals surface area contributed by atoms with Crippen LogP contribution in [0, 0.1) is 0 Å². The molecule has 0 atom stereocenters. The van der Waals surface area contributed by atoms with E-state index in [9.17, 15) is 8.42 Å². The summed E-state index contributed by atoms with van der Waals surface area (Å²) >= 11 is 0. The third kappa shape index (κ3) is 2.71. The summed E-state index contributed by atoms with van der Waals surface area (Å²) in [6, 6.07) is 3.63. The molecule has 0 radical (unpaired) electrons. The minimum Gasteiger partial charge on any atom is -0.302 e. The average Bonchev–Trinajstić information content (AvgIpc) is 2.75. The van der Waals surface area contributed by atoms with Crippen molar-refractivity contribution >= 4 is 15.5 Å². The summed E-state index contributed by atoms with van der Waals surface area (Å²) in [5, 5.41) is 0.116. The summed E-state index contributed by atoms with van der Waals surface area (Å²) in [5.41, 5.74) is 1.79. The quantitative estimate of drug-likeness (QED) is 0.919. The van der Waals surface area contributed by atoms with Crippen LogP contribution in [-0.4, -0.2) is 23.8 Å². The molecule has 0 aliphatic rings. The zero-order valence-electron chi connectivity index (χ0n) is 12.3. The SMILES string of the molecule is CCc1ccc2c(S(=O)(=O)NC(C)C)nc(CC)n2c1. The highest BCUT2D eigenvalue weighted by atomic mass is 32.2. The van der Waals surface area contributed by atoms with Crippen LogP contribution in [0.15, 0.2) is 23.4 Å². The second-order valence-electron chi connectivity index (χ2n) is 5.11. The number of hydrogen-bond donors (Lipinski definition) is 1. The summed E-state index contributed by atoms with van der Waals surface area (Å²) < 4.78 is 29.2. The van der Waals surface area contributed by atoms with Gasteiger partial charge in [0.1, 0.15) is 5.82 Å². The Morgan fingerprint density at radius 1 is 1.25 bits per heavy atom. The topological polar surface area (TPSA) is 63.5 Å². The van der Waals surface area contributed by atoms with E-state index in [0.717, 1.165) is 17.8 Å². The molecular weight excluding hydrogens is 274 g/mol. The van der Waals surface area contributed by atoms with Crippen LogP contribution in [-0.2, 0) is 22.9 Å². The minimum absolute atomic E-state index is 0.116. The van der Waals surface area contributed by atoms with Crippen LogP contribution in [0.1, 0.15) is 39.1 Å². The second kappa shape index (κ2) is 5.54. The molecule has 0 saturated carbocycles. The number of nitrogens with one attached hydrogen (secondary N) is 1. The van der Waals surface area contributed by atoms with Gasteiger partial charge in [0.05, 0.1) is 5.52 Å². The van der Waals surface area contributed by atoms with Crippen LogP contribution in [0.25, 0.3) is 5.52 Å². The largest absolute Gasteiger partial charge is 0.302 e. The van der Waals surface area contributed by atoms with Crippen molar-refractivity contribution in [1.82, 2.24) is 14.1 Å². The van der Waals surface area contributed by atoms with Gasteiger partial charge in [-0.1, -0.05) is 19.9 Å². The predicted molar refractivity (Wildman–Crippen MR) is 79.4 cm³/mol. The molecule has 2 aromatic rings. The standard InChI is InChI=1S/C14H21N3O2S/c1-5-11-7-8-12-14(20(18,19)16-10(3)4)15-13(6-2)17(12)9-11/h7-10,16H,5-6H2,1-4H3. The maximum atomic E-state index is 12.4. The molecule has 6 heteroatoms. The predicted octanol–water partition coefficient (Wildman–Crippen LogP) is 2.15. The van der Waals surface area contributed by atoms with E-state index in [2.05, 4.69) is 16.6 Å². The molecule has 2 rings (SSSR count). The number of hydrogen-bond acceptors (Lipinski definition) is 3. The fourth-order valence-electron chi connectivity index (χ4n) is 2.18. The number of nitrogens with zero attached hydrogens (tertiary/aromatic N) is 2. The molecule has 2 aromatic heterocycles. The molecule has 110 valence electrons. The van der Waals surface area contributed by atoms with Crippen LogP contribution in [0.5, 0.6) is 0 Å². The zero-order chi connectivity index (χ0) is 14.9. The first-order valence-corrected chi connectivity index (χ1v) is 8.39. The van der Waals surface area contributed by atoms with Crippen molar-refractivity contribution in [3.8, 4) is 0 Å². The smallest absolute Gasteiger partial charge is 0.260 e. The van der Waals surface area contributed by atoms with E-state index in [1.165, 1.54) is 0 Å². The molecule has 5 nitrogen and oxygen atoms in total. The molecule has 2 heterocycles. The highest BCUT2D eigenvalue weighted by molar-refractivity contribution is 7.89. The lowest BCUT2D eigenvalue weighted by Crippen LogP contribution is -2.30. The van der Waals surface area contributed by atoms with E-state index in [1.54, 1.807) is 13.8 Å². The molecule has 1 N–H and O–H groups in total. The molecule has 20 heavy (non-hydrogen) atoms. The lowest BCUT2D eigenvalue weighted by Gasteiger charge is -2.07. The lowest BCUT2D eigenvalue weighted by atomic mass is 10.2. The summed E-state index contributed by atoms with van der Waals surface area (Å²) in [6.07, 6.45) is 3.56. The van der Waals surface area contributed by atoms with E-state index >= 15 is 0 Å². The van der Waals surface area contributed by atoms with Crippen molar-refractivity contribution in [2.24, 2.45) is 0 Å². The molecule has 0 bridgehead atoms. The second-order valence-corrected chi connectivity index (χ2v) is 6.74. The van der Waals surface area contributed by atoms with E-state index in [0.29, 0.717) is 11.9 Å². The van der Waals surface area contributed by atoms with Crippen LogP contribution in [0.4, 0.5) is 0 Å². The summed E-state index contributed by atoms with van der Waals surface area (Å²) in [7, 11) is -3.58. The monoisotopic (exact) mass is 295 g/mol. The fraction of sp³-hybridized carbons (Fsp3) is 0.500. The maximum Gasteiger partial charge on any atom is 0.260 e. The highest BCUT2D eigenvalue weighted by Gasteiger charge is 2.23. The molecular formula is C14H21N3O2S. The molecule has 0 amide bonds. The maximum absolute atomic E-state index is 12.4. The van der Waals surface area contributed by atoms with Crippen molar-refractivity contribution in [2.45, 2.75) is 51.6 Å². The van der Waals surface area contributed by atoms with Gasteiger partial charge in [0, 0.05) is 18.7 Å². The van der Waals surface area contributed by atoms with Gasteiger partial charge < -0.3 is 4.40 Å². The summed E-state index contributed by atoms with van der Waals surface area (Å²) in [4.78, 5) is 4.32. The number of fused-ring (bicyclic) bond motifs is 1. The third-order valence-electron chi connectivity index (χ3n) is 3.11. The van der Waals surface area contributed by atoms with Crippen LogP contribution < -0.4 is 4.72 Å². The molecule has 0 aliphatic heterocycles. The van der Waals surface area contributed by atoms with Gasteiger partial charge >= 0.3 is 0 Å². The fourth-order valence-corrected chi connectivity index (χ4v) is 3.58. The molecule has 0 saturated heterocycles.